The Hall–Kier alpha value is -2.86. The number of rotatable bonds is 3. The Balaban J connectivity index is 1.48. The second kappa shape index (κ2) is 7.68. The fourth-order valence-electron chi connectivity index (χ4n) is 4.57. The quantitative estimate of drug-likeness (QED) is 0.609. The monoisotopic (exact) mass is 436 g/mol. The zero-order valence-electron chi connectivity index (χ0n) is 17.9. The van der Waals surface area contributed by atoms with E-state index in [2.05, 4.69) is 23.1 Å². The summed E-state index contributed by atoms with van der Waals surface area (Å²) < 4.78 is 8.01. The first-order valence-electron chi connectivity index (χ1n) is 10.6. The Bertz CT molecular complexity index is 1160. The van der Waals surface area contributed by atoms with Crippen molar-refractivity contribution in [3.63, 3.8) is 0 Å². The number of carbonyl (C=O) groups is 1. The van der Waals surface area contributed by atoms with E-state index < -0.39 is 0 Å². The van der Waals surface area contributed by atoms with Crippen molar-refractivity contribution < 1.29 is 9.53 Å². The third kappa shape index (κ3) is 3.59. The average Bonchev–Trinajstić information content (AvgIpc) is 3.19. The molecule has 2 aromatic heterocycles. The molecule has 6 rings (SSSR count). The Labute approximate surface area is 186 Å². The minimum Gasteiger partial charge on any atom is -0.488 e. The van der Waals surface area contributed by atoms with Gasteiger partial charge < -0.3 is 9.64 Å². The average molecular weight is 437 g/mol. The Kier molecular flexibility index (Phi) is 4.97. The third-order valence-corrected chi connectivity index (χ3v) is 6.85. The number of aryl methyl sites for hydroxylation is 1. The lowest BCUT2D eigenvalue weighted by Gasteiger charge is -2.41. The van der Waals surface area contributed by atoms with E-state index in [1.54, 1.807) is 10.9 Å². The SMILES string of the molecule is Cc1c(Cc2ccc(-c3cnn(C)c3)nc2)cc2c(c1Cl)O[C@H]1CCN(C2=O)[C@@H](C)C1. The molecule has 3 aliphatic rings. The molecule has 1 saturated heterocycles. The smallest absolute Gasteiger partial charge is 0.257 e. The van der Waals surface area contributed by atoms with Gasteiger partial charge in [-0.25, -0.2) is 0 Å². The van der Waals surface area contributed by atoms with Gasteiger partial charge in [-0.1, -0.05) is 17.7 Å². The number of fused-ring (bicyclic) bond motifs is 2. The molecule has 0 aliphatic carbocycles. The van der Waals surface area contributed by atoms with Crippen LogP contribution in [0.5, 0.6) is 5.75 Å². The van der Waals surface area contributed by atoms with Crippen molar-refractivity contribution in [1.82, 2.24) is 19.7 Å². The van der Waals surface area contributed by atoms with Gasteiger partial charge >= 0.3 is 0 Å². The van der Waals surface area contributed by atoms with Crippen LogP contribution in [0.15, 0.2) is 36.8 Å². The number of aromatic nitrogens is 3. The van der Waals surface area contributed by atoms with Crippen LogP contribution in [-0.4, -0.2) is 44.3 Å². The molecule has 6 nitrogen and oxygen atoms in total. The van der Waals surface area contributed by atoms with E-state index in [0.29, 0.717) is 22.8 Å². The molecule has 0 saturated carbocycles. The predicted molar refractivity (Wildman–Crippen MR) is 120 cm³/mol. The van der Waals surface area contributed by atoms with Crippen LogP contribution in [0.2, 0.25) is 5.02 Å². The van der Waals surface area contributed by atoms with Crippen LogP contribution >= 0.6 is 11.6 Å². The molecule has 0 N–H and O–H groups in total. The number of hydrogen-bond acceptors (Lipinski definition) is 4. The molecule has 3 aromatic rings. The van der Waals surface area contributed by atoms with Crippen molar-refractivity contribution in [3.05, 3.63) is 64.1 Å². The van der Waals surface area contributed by atoms with E-state index >= 15 is 0 Å². The van der Waals surface area contributed by atoms with Crippen LogP contribution in [0.3, 0.4) is 0 Å². The van der Waals surface area contributed by atoms with Gasteiger partial charge in [-0.3, -0.25) is 14.5 Å². The number of piperidine rings is 1. The largest absolute Gasteiger partial charge is 0.488 e. The normalized spacial score (nSPS) is 20.3. The summed E-state index contributed by atoms with van der Waals surface area (Å²) in [5, 5.41) is 4.75. The van der Waals surface area contributed by atoms with Crippen LogP contribution in [0, 0.1) is 6.92 Å². The van der Waals surface area contributed by atoms with Gasteiger partial charge in [0.1, 0.15) is 6.10 Å². The van der Waals surface area contributed by atoms with E-state index in [4.69, 9.17) is 16.3 Å². The van der Waals surface area contributed by atoms with Gasteiger partial charge in [0.15, 0.2) is 5.75 Å². The number of pyridine rings is 1. The molecule has 0 radical (unpaired) electrons. The molecule has 1 aromatic carbocycles. The number of benzene rings is 1. The molecule has 1 amide bonds. The molecule has 3 aliphatic heterocycles. The zero-order valence-corrected chi connectivity index (χ0v) is 18.7. The third-order valence-electron chi connectivity index (χ3n) is 6.40. The Morgan fingerprint density at radius 3 is 2.81 bits per heavy atom. The highest BCUT2D eigenvalue weighted by Gasteiger charge is 2.36. The summed E-state index contributed by atoms with van der Waals surface area (Å²) in [6.07, 6.45) is 8.06. The van der Waals surface area contributed by atoms with Crippen molar-refractivity contribution in [1.29, 1.82) is 0 Å². The first-order valence-corrected chi connectivity index (χ1v) is 11.0. The Morgan fingerprint density at radius 1 is 1.29 bits per heavy atom. The summed E-state index contributed by atoms with van der Waals surface area (Å²) >= 11 is 6.73. The lowest BCUT2D eigenvalue weighted by atomic mass is 9.93. The fourth-order valence-corrected chi connectivity index (χ4v) is 4.84. The van der Waals surface area contributed by atoms with E-state index in [1.807, 2.05) is 43.4 Å². The number of hydrogen-bond donors (Lipinski definition) is 0. The molecular weight excluding hydrogens is 412 g/mol. The molecule has 160 valence electrons. The standard InChI is InChI=1S/C24H25ClN4O2/c1-14-8-19-6-7-29(14)24(30)20-10-17(15(2)22(25)23(20)31-19)9-16-4-5-21(26-11-16)18-12-27-28(3)13-18/h4-5,10-14,19H,6-9H2,1-3H3/t14-,19-/m0/s1. The van der Waals surface area contributed by atoms with Gasteiger partial charge in [-0.2, -0.15) is 5.10 Å². The summed E-state index contributed by atoms with van der Waals surface area (Å²) in [5.41, 5.74) is 5.45. The lowest BCUT2D eigenvalue weighted by molar-refractivity contribution is 0.0349. The predicted octanol–water partition coefficient (Wildman–Crippen LogP) is 4.42. The molecule has 7 heteroatoms. The van der Waals surface area contributed by atoms with E-state index in [0.717, 1.165) is 47.3 Å². The van der Waals surface area contributed by atoms with Crippen LogP contribution in [-0.2, 0) is 13.5 Å². The summed E-state index contributed by atoms with van der Waals surface area (Å²) in [7, 11) is 1.89. The molecule has 1 fully saturated rings. The number of halogens is 1. The van der Waals surface area contributed by atoms with Crippen molar-refractivity contribution in [2.24, 2.45) is 7.05 Å². The molecule has 5 heterocycles. The van der Waals surface area contributed by atoms with Gasteiger partial charge in [0, 0.05) is 50.4 Å². The minimum atomic E-state index is 0.00819. The summed E-state index contributed by atoms with van der Waals surface area (Å²) in [6, 6.07) is 6.19. The van der Waals surface area contributed by atoms with E-state index in [9.17, 15) is 4.79 Å². The van der Waals surface area contributed by atoms with E-state index in [-0.39, 0.29) is 18.1 Å². The zero-order chi connectivity index (χ0) is 21.7. The highest BCUT2D eigenvalue weighted by molar-refractivity contribution is 6.33. The number of nitrogens with zero attached hydrogens (tertiary/aromatic N) is 4. The van der Waals surface area contributed by atoms with Crippen LogP contribution in [0.4, 0.5) is 0 Å². The van der Waals surface area contributed by atoms with Crippen LogP contribution in [0.25, 0.3) is 11.3 Å². The maximum absolute atomic E-state index is 13.3. The summed E-state index contributed by atoms with van der Waals surface area (Å²) in [5.74, 6) is 0.549. The van der Waals surface area contributed by atoms with Crippen molar-refractivity contribution in [2.45, 2.75) is 45.3 Å². The van der Waals surface area contributed by atoms with Crippen molar-refractivity contribution in [2.75, 3.05) is 6.54 Å². The van der Waals surface area contributed by atoms with E-state index in [1.165, 1.54) is 0 Å². The molecule has 0 unspecified atom stereocenters. The molecule has 0 spiro atoms. The summed E-state index contributed by atoms with van der Waals surface area (Å²) in [4.78, 5) is 19.8. The van der Waals surface area contributed by atoms with Gasteiger partial charge in [-0.15, -0.1) is 0 Å². The van der Waals surface area contributed by atoms with Crippen molar-refractivity contribution >= 4 is 17.5 Å². The second-order valence-corrected chi connectivity index (χ2v) is 8.97. The second-order valence-electron chi connectivity index (χ2n) is 8.59. The molecule has 2 bridgehead atoms. The fraction of sp³-hybridized carbons (Fsp3) is 0.375. The number of carbonyl (C=O) groups excluding carboxylic acids is 1. The van der Waals surface area contributed by atoms with Gasteiger partial charge in [0.05, 0.1) is 22.5 Å². The minimum absolute atomic E-state index is 0.00819. The van der Waals surface area contributed by atoms with Crippen LogP contribution in [0.1, 0.15) is 46.8 Å². The molecular formula is C24H25ClN4O2. The number of ether oxygens (including phenoxy) is 1. The molecule has 31 heavy (non-hydrogen) atoms. The first-order chi connectivity index (χ1) is 14.9. The van der Waals surface area contributed by atoms with Gasteiger partial charge in [0.2, 0.25) is 0 Å². The van der Waals surface area contributed by atoms with Gasteiger partial charge in [0.25, 0.3) is 5.91 Å². The maximum Gasteiger partial charge on any atom is 0.257 e. The highest BCUT2D eigenvalue weighted by atomic mass is 35.5. The maximum atomic E-state index is 13.3. The van der Waals surface area contributed by atoms with Crippen molar-refractivity contribution in [3.8, 4) is 17.0 Å². The Morgan fingerprint density at radius 2 is 2.13 bits per heavy atom. The van der Waals surface area contributed by atoms with Gasteiger partial charge in [-0.05, 0) is 49.1 Å². The summed E-state index contributed by atoms with van der Waals surface area (Å²) in [6.45, 7) is 4.80. The lowest BCUT2D eigenvalue weighted by Crippen LogP contribution is -2.49. The van der Waals surface area contributed by atoms with Crippen LogP contribution < -0.4 is 4.74 Å². The first kappa shape index (κ1) is 20.1. The molecule has 2 atom stereocenters. The highest BCUT2D eigenvalue weighted by Crippen LogP contribution is 2.40. The topological polar surface area (TPSA) is 60.2 Å². The number of amides is 1.